The van der Waals surface area contributed by atoms with Crippen molar-refractivity contribution in [1.82, 2.24) is 4.72 Å². The summed E-state index contributed by atoms with van der Waals surface area (Å²) in [4.78, 5) is 0.00124. The Morgan fingerprint density at radius 1 is 1.39 bits per heavy atom. The van der Waals surface area contributed by atoms with E-state index in [0.717, 1.165) is 0 Å². The Morgan fingerprint density at radius 3 is 2.56 bits per heavy atom. The number of thiocarbonyl (C=S) groups is 1. The van der Waals surface area contributed by atoms with E-state index >= 15 is 0 Å². The van der Waals surface area contributed by atoms with Crippen LogP contribution in [0.25, 0.3) is 0 Å². The number of nitrogens with two attached hydrogens (primary N) is 1. The predicted molar refractivity (Wildman–Crippen MR) is 75.1 cm³/mol. The molecule has 0 fully saturated rings. The van der Waals surface area contributed by atoms with E-state index in [9.17, 15) is 8.42 Å². The second kappa shape index (κ2) is 9.62. The Hall–Kier alpha value is -0.280. The summed E-state index contributed by atoms with van der Waals surface area (Å²) in [5.74, 6) is 0. The highest BCUT2D eigenvalue weighted by molar-refractivity contribution is 7.93. The Kier molecular flexibility index (Phi) is 9.47. The lowest BCUT2D eigenvalue weighted by Gasteiger charge is -2.15. The summed E-state index contributed by atoms with van der Waals surface area (Å²) in [5, 5.41) is -0.804. The van der Waals surface area contributed by atoms with Crippen molar-refractivity contribution < 1.29 is 17.9 Å². The van der Waals surface area contributed by atoms with E-state index in [0.29, 0.717) is 39.2 Å². The van der Waals surface area contributed by atoms with Gasteiger partial charge in [-0.15, -0.1) is 0 Å². The van der Waals surface area contributed by atoms with Gasteiger partial charge in [0.05, 0.1) is 18.2 Å². The fraction of sp³-hybridized carbons (Fsp3) is 0.900. The monoisotopic (exact) mass is 298 g/mol. The van der Waals surface area contributed by atoms with E-state index in [1.165, 1.54) is 0 Å². The summed E-state index contributed by atoms with van der Waals surface area (Å²) >= 11 is 4.73. The minimum atomic E-state index is -3.47. The molecule has 1 atom stereocenters. The molecule has 1 unspecified atom stereocenters. The summed E-state index contributed by atoms with van der Waals surface area (Å²) in [7, 11) is -1.87. The molecule has 3 N–H and O–H groups in total. The lowest BCUT2D eigenvalue weighted by atomic mass is 10.3. The van der Waals surface area contributed by atoms with E-state index < -0.39 is 15.3 Å². The highest BCUT2D eigenvalue weighted by Crippen LogP contribution is 2.04. The van der Waals surface area contributed by atoms with Crippen LogP contribution >= 0.6 is 12.2 Å². The van der Waals surface area contributed by atoms with Gasteiger partial charge in [-0.1, -0.05) is 19.1 Å². The molecule has 0 rings (SSSR count). The Morgan fingerprint density at radius 2 is 2.06 bits per heavy atom. The van der Waals surface area contributed by atoms with Crippen LogP contribution < -0.4 is 10.5 Å². The van der Waals surface area contributed by atoms with Crippen molar-refractivity contribution in [3.8, 4) is 0 Å². The maximum Gasteiger partial charge on any atom is 0.221 e. The Labute approximate surface area is 114 Å². The van der Waals surface area contributed by atoms with Gasteiger partial charge in [-0.25, -0.2) is 13.1 Å². The average molecular weight is 298 g/mol. The van der Waals surface area contributed by atoms with Crippen molar-refractivity contribution in [3.05, 3.63) is 0 Å². The number of methoxy groups -OCH3 is 1. The zero-order valence-corrected chi connectivity index (χ0v) is 12.5. The Bertz CT molecular complexity index is 333. The number of ether oxygens (including phenoxy) is 2. The molecule has 0 aromatic carbocycles. The summed E-state index contributed by atoms with van der Waals surface area (Å²) in [6, 6.07) is 0. The molecule has 8 heteroatoms. The third-order valence-corrected chi connectivity index (χ3v) is 4.64. The standard InChI is InChI=1S/C10H22N2O4S2/c1-3-9(10(11)17)18(13,14)12-5-4-6-16-8-7-15-2/h9,12H,3-8H2,1-2H3,(H2,11,17). The largest absolute Gasteiger partial charge is 0.392 e. The molecule has 108 valence electrons. The van der Waals surface area contributed by atoms with Crippen molar-refractivity contribution >= 4 is 27.2 Å². The lowest BCUT2D eigenvalue weighted by Crippen LogP contribution is -2.42. The van der Waals surface area contributed by atoms with Crippen LogP contribution in [0.3, 0.4) is 0 Å². The number of hydrogen-bond acceptors (Lipinski definition) is 5. The summed E-state index contributed by atoms with van der Waals surface area (Å²) in [6.07, 6.45) is 0.964. The zero-order valence-electron chi connectivity index (χ0n) is 10.8. The zero-order chi connectivity index (χ0) is 14.0. The summed E-state index contributed by atoms with van der Waals surface area (Å²) in [5.41, 5.74) is 5.39. The average Bonchev–Trinajstić information content (AvgIpc) is 2.27. The topological polar surface area (TPSA) is 90.7 Å². The van der Waals surface area contributed by atoms with Crippen LogP contribution in [0.4, 0.5) is 0 Å². The first kappa shape index (κ1) is 17.7. The quantitative estimate of drug-likeness (QED) is 0.413. The van der Waals surface area contributed by atoms with Gasteiger partial charge in [0, 0.05) is 20.3 Å². The molecule has 0 aliphatic heterocycles. The van der Waals surface area contributed by atoms with Crippen molar-refractivity contribution in [3.63, 3.8) is 0 Å². The molecular weight excluding hydrogens is 276 g/mol. The minimum Gasteiger partial charge on any atom is -0.392 e. The maximum absolute atomic E-state index is 11.8. The van der Waals surface area contributed by atoms with E-state index in [2.05, 4.69) is 4.72 Å². The Balaban J connectivity index is 3.87. The molecule has 6 nitrogen and oxygen atoms in total. The molecule has 0 bridgehead atoms. The molecule has 0 aliphatic rings. The molecule has 18 heavy (non-hydrogen) atoms. The van der Waals surface area contributed by atoms with Gasteiger partial charge in [-0.3, -0.25) is 0 Å². The molecule has 0 saturated carbocycles. The van der Waals surface area contributed by atoms with Gasteiger partial charge >= 0.3 is 0 Å². The number of rotatable bonds is 11. The molecule has 0 amide bonds. The van der Waals surface area contributed by atoms with Crippen molar-refractivity contribution in [2.75, 3.05) is 33.5 Å². The van der Waals surface area contributed by atoms with Gasteiger partial charge in [0.15, 0.2) is 0 Å². The molecule has 0 radical (unpaired) electrons. The van der Waals surface area contributed by atoms with Crippen LogP contribution in [-0.4, -0.2) is 52.1 Å². The summed E-state index contributed by atoms with van der Waals surface area (Å²) in [6.45, 7) is 3.57. The van der Waals surface area contributed by atoms with Gasteiger partial charge in [-0.2, -0.15) is 0 Å². The van der Waals surface area contributed by atoms with E-state index in [4.69, 9.17) is 27.4 Å². The van der Waals surface area contributed by atoms with Crippen molar-refractivity contribution in [2.45, 2.75) is 25.0 Å². The van der Waals surface area contributed by atoms with Crippen LogP contribution in [0.15, 0.2) is 0 Å². The van der Waals surface area contributed by atoms with Crippen LogP contribution in [0.2, 0.25) is 0 Å². The predicted octanol–water partition coefficient (Wildman–Crippen LogP) is 0.0236. The lowest BCUT2D eigenvalue weighted by molar-refractivity contribution is 0.0699. The number of hydrogen-bond donors (Lipinski definition) is 2. The summed E-state index contributed by atoms with van der Waals surface area (Å²) < 4.78 is 36.1. The highest BCUT2D eigenvalue weighted by atomic mass is 32.2. The first-order valence-electron chi connectivity index (χ1n) is 5.80. The van der Waals surface area contributed by atoms with Gasteiger partial charge in [-0.05, 0) is 12.8 Å². The molecule has 0 saturated heterocycles. The van der Waals surface area contributed by atoms with Crippen LogP contribution in [0.5, 0.6) is 0 Å². The number of sulfonamides is 1. The SMILES string of the molecule is CCC(C(N)=S)S(=O)(=O)NCCCOCCOC. The van der Waals surface area contributed by atoms with Crippen molar-refractivity contribution in [2.24, 2.45) is 5.73 Å². The maximum atomic E-state index is 11.8. The highest BCUT2D eigenvalue weighted by Gasteiger charge is 2.25. The first-order valence-corrected chi connectivity index (χ1v) is 7.75. The molecule has 0 spiro atoms. The second-order valence-electron chi connectivity index (χ2n) is 3.70. The fourth-order valence-electron chi connectivity index (χ4n) is 1.31. The third kappa shape index (κ3) is 7.22. The van der Waals surface area contributed by atoms with Gasteiger partial charge in [0.1, 0.15) is 5.25 Å². The van der Waals surface area contributed by atoms with E-state index in [1.54, 1.807) is 14.0 Å². The molecule has 0 heterocycles. The minimum absolute atomic E-state index is 0.00124. The van der Waals surface area contributed by atoms with E-state index in [-0.39, 0.29) is 4.99 Å². The van der Waals surface area contributed by atoms with Crippen LogP contribution in [0.1, 0.15) is 19.8 Å². The normalized spacial score (nSPS) is 13.4. The third-order valence-electron chi connectivity index (χ3n) is 2.26. The van der Waals surface area contributed by atoms with Crippen LogP contribution in [-0.2, 0) is 19.5 Å². The number of nitrogens with one attached hydrogen (secondary N) is 1. The van der Waals surface area contributed by atoms with Gasteiger partial charge in [0.2, 0.25) is 10.0 Å². The fourth-order valence-corrected chi connectivity index (χ4v) is 3.23. The second-order valence-corrected chi connectivity index (χ2v) is 6.12. The first-order chi connectivity index (χ1) is 8.45. The van der Waals surface area contributed by atoms with E-state index in [1.807, 2.05) is 0 Å². The molecular formula is C10H22N2O4S2. The molecule has 0 aliphatic carbocycles. The molecule has 0 aromatic heterocycles. The molecule has 0 aromatic rings. The van der Waals surface area contributed by atoms with Crippen molar-refractivity contribution in [1.29, 1.82) is 0 Å². The van der Waals surface area contributed by atoms with Gasteiger partial charge < -0.3 is 15.2 Å². The van der Waals surface area contributed by atoms with Crippen LogP contribution in [0, 0.1) is 0 Å². The van der Waals surface area contributed by atoms with Gasteiger partial charge in [0.25, 0.3) is 0 Å². The smallest absolute Gasteiger partial charge is 0.221 e.